The van der Waals surface area contributed by atoms with E-state index < -0.39 is 34.6 Å². The van der Waals surface area contributed by atoms with E-state index in [9.17, 15) is 29.7 Å². The van der Waals surface area contributed by atoms with Crippen molar-refractivity contribution in [2.45, 2.75) is 46.1 Å². The van der Waals surface area contributed by atoms with Crippen LogP contribution in [0.4, 0.5) is 0 Å². The molecule has 1 unspecified atom stereocenters. The van der Waals surface area contributed by atoms with E-state index in [4.69, 9.17) is 4.74 Å². The first-order valence-electron chi connectivity index (χ1n) is 9.14. The topological polar surface area (TPSA) is 133 Å². The van der Waals surface area contributed by atoms with Gasteiger partial charge in [0.05, 0.1) is 17.2 Å². The standard InChI is InChI=1S/C21H23NO7/c1-8(23)7-22-10(3)14-12(25)6-13-21(5,20(14)28)16-18(27)9(2)17(26)15(11(4)24)19(16)29-13/h6,8,22-23,26-27H,7H2,1-5H3/b14-10+/t8?,21-/m1/s1. The molecule has 4 N–H and O–H groups in total. The summed E-state index contributed by atoms with van der Waals surface area (Å²) in [6, 6.07) is 0. The number of rotatable bonds is 4. The Hall–Kier alpha value is -3.13. The van der Waals surface area contributed by atoms with Crippen molar-refractivity contribution in [2.24, 2.45) is 0 Å². The Kier molecular flexibility index (Phi) is 4.78. The van der Waals surface area contributed by atoms with Crippen molar-refractivity contribution in [3.63, 3.8) is 0 Å². The van der Waals surface area contributed by atoms with Gasteiger partial charge in [0.2, 0.25) is 0 Å². The first-order chi connectivity index (χ1) is 13.4. The number of nitrogens with one attached hydrogen (secondary N) is 1. The second kappa shape index (κ2) is 6.73. The Labute approximate surface area is 167 Å². The molecule has 29 heavy (non-hydrogen) atoms. The number of aromatic hydroxyl groups is 2. The summed E-state index contributed by atoms with van der Waals surface area (Å²) < 4.78 is 5.69. The summed E-state index contributed by atoms with van der Waals surface area (Å²) >= 11 is 0. The molecule has 0 fully saturated rings. The van der Waals surface area contributed by atoms with Crippen molar-refractivity contribution in [3.05, 3.63) is 39.8 Å². The Balaban J connectivity index is 2.28. The highest BCUT2D eigenvalue weighted by atomic mass is 16.5. The van der Waals surface area contributed by atoms with E-state index >= 15 is 0 Å². The van der Waals surface area contributed by atoms with Crippen LogP contribution in [0, 0.1) is 6.92 Å². The molecule has 0 aromatic heterocycles. The number of carbonyl (C=O) groups excluding carboxylic acids is 3. The number of ketones is 3. The first-order valence-corrected chi connectivity index (χ1v) is 9.14. The van der Waals surface area contributed by atoms with Gasteiger partial charge in [-0.1, -0.05) is 0 Å². The molecule has 8 nitrogen and oxygen atoms in total. The largest absolute Gasteiger partial charge is 0.507 e. The van der Waals surface area contributed by atoms with Crippen molar-refractivity contribution < 1.29 is 34.4 Å². The molecule has 1 aliphatic carbocycles. The number of hydrogen-bond acceptors (Lipinski definition) is 8. The van der Waals surface area contributed by atoms with Crippen LogP contribution in [0.5, 0.6) is 17.2 Å². The van der Waals surface area contributed by atoms with E-state index in [1.54, 1.807) is 13.8 Å². The number of fused-ring (bicyclic) bond motifs is 3. The summed E-state index contributed by atoms with van der Waals surface area (Å²) in [7, 11) is 0. The lowest BCUT2D eigenvalue weighted by Gasteiger charge is -2.29. The van der Waals surface area contributed by atoms with Crippen LogP contribution >= 0.6 is 0 Å². The summed E-state index contributed by atoms with van der Waals surface area (Å²) in [5, 5.41) is 33.4. The Morgan fingerprint density at radius 2 is 1.86 bits per heavy atom. The number of benzene rings is 1. The van der Waals surface area contributed by atoms with Crippen LogP contribution in [0.3, 0.4) is 0 Å². The van der Waals surface area contributed by atoms with Crippen molar-refractivity contribution in [2.75, 3.05) is 6.54 Å². The Morgan fingerprint density at radius 3 is 2.41 bits per heavy atom. The SMILES string of the molecule is CC(=O)c1c(O)c(C)c(O)c2c1OC1=CC(=O)/C(=C(/C)NCC(C)O)C(=O)[C@]12C. The molecule has 0 saturated heterocycles. The molecule has 0 bridgehead atoms. The monoisotopic (exact) mass is 401 g/mol. The van der Waals surface area contributed by atoms with Gasteiger partial charge in [0.1, 0.15) is 34.0 Å². The Bertz CT molecular complexity index is 1030. The lowest BCUT2D eigenvalue weighted by Crippen LogP contribution is -2.41. The fraction of sp³-hybridized carbons (Fsp3) is 0.381. The normalized spacial score (nSPS) is 23.0. The molecule has 2 atom stereocenters. The van der Waals surface area contributed by atoms with Crippen molar-refractivity contribution in [1.82, 2.24) is 5.32 Å². The third-order valence-electron chi connectivity index (χ3n) is 5.42. The van der Waals surface area contributed by atoms with E-state index in [-0.39, 0.29) is 51.8 Å². The highest BCUT2D eigenvalue weighted by Gasteiger charge is 2.56. The van der Waals surface area contributed by atoms with Crippen LogP contribution in [0.25, 0.3) is 0 Å². The molecular formula is C21H23NO7. The molecule has 1 heterocycles. The number of ether oxygens (including phenoxy) is 1. The molecule has 1 aromatic carbocycles. The molecular weight excluding hydrogens is 378 g/mol. The lowest BCUT2D eigenvalue weighted by molar-refractivity contribution is -0.123. The van der Waals surface area contributed by atoms with Gasteiger partial charge in [0.15, 0.2) is 17.3 Å². The van der Waals surface area contributed by atoms with Crippen molar-refractivity contribution >= 4 is 17.3 Å². The number of allylic oxidation sites excluding steroid dienone is 4. The van der Waals surface area contributed by atoms with Crippen LogP contribution in [0.2, 0.25) is 0 Å². The summed E-state index contributed by atoms with van der Waals surface area (Å²) in [5.41, 5.74) is -1.45. The summed E-state index contributed by atoms with van der Waals surface area (Å²) in [6.45, 7) is 7.41. The molecule has 3 rings (SSSR count). The van der Waals surface area contributed by atoms with Gasteiger partial charge in [-0.25, -0.2) is 0 Å². The van der Waals surface area contributed by atoms with Gasteiger partial charge in [-0.15, -0.1) is 0 Å². The van der Waals surface area contributed by atoms with E-state index in [1.807, 2.05) is 0 Å². The molecule has 0 saturated carbocycles. The van der Waals surface area contributed by atoms with Crippen molar-refractivity contribution in [1.29, 1.82) is 0 Å². The molecule has 2 aliphatic rings. The van der Waals surface area contributed by atoms with Crippen LogP contribution in [0.1, 0.15) is 49.2 Å². The fourth-order valence-electron chi connectivity index (χ4n) is 3.75. The average molecular weight is 401 g/mol. The molecule has 0 amide bonds. The predicted octanol–water partition coefficient (Wildman–Crippen LogP) is 1.54. The zero-order valence-corrected chi connectivity index (χ0v) is 16.8. The lowest BCUT2D eigenvalue weighted by atomic mass is 9.70. The van der Waals surface area contributed by atoms with E-state index in [0.717, 1.165) is 6.08 Å². The number of phenols is 2. The van der Waals surface area contributed by atoms with E-state index in [0.29, 0.717) is 0 Å². The maximum absolute atomic E-state index is 13.5. The third kappa shape index (κ3) is 2.82. The van der Waals surface area contributed by atoms with Gasteiger partial charge in [0.25, 0.3) is 0 Å². The second-order valence-corrected chi connectivity index (χ2v) is 7.62. The van der Waals surface area contributed by atoms with E-state index in [1.165, 1.54) is 20.8 Å². The van der Waals surface area contributed by atoms with Crippen molar-refractivity contribution in [3.8, 4) is 17.2 Å². The number of hydrogen-bond donors (Lipinski definition) is 4. The maximum atomic E-state index is 13.5. The minimum atomic E-state index is -1.54. The van der Waals surface area contributed by atoms with Crippen LogP contribution < -0.4 is 10.1 Å². The number of Topliss-reactive ketones (excluding diaryl/α,β-unsaturated/α-hetero) is 2. The summed E-state index contributed by atoms with van der Waals surface area (Å²) in [6.07, 6.45) is 0.462. The molecule has 154 valence electrons. The minimum absolute atomic E-state index is 0.0163. The zero-order valence-electron chi connectivity index (χ0n) is 16.8. The highest BCUT2D eigenvalue weighted by Crippen LogP contribution is 2.57. The molecule has 1 aliphatic heterocycles. The number of aliphatic hydroxyl groups is 1. The van der Waals surface area contributed by atoms with E-state index in [2.05, 4.69) is 5.32 Å². The second-order valence-electron chi connectivity index (χ2n) is 7.62. The van der Waals surface area contributed by atoms with Crippen LogP contribution in [0.15, 0.2) is 23.1 Å². The average Bonchev–Trinajstić information content (AvgIpc) is 2.91. The van der Waals surface area contributed by atoms with Gasteiger partial charge < -0.3 is 25.4 Å². The minimum Gasteiger partial charge on any atom is -0.507 e. The van der Waals surface area contributed by atoms with Gasteiger partial charge in [-0.3, -0.25) is 14.4 Å². The van der Waals surface area contributed by atoms with Gasteiger partial charge in [0, 0.05) is 23.9 Å². The first kappa shape index (κ1) is 20.6. The quantitative estimate of drug-likeness (QED) is 0.339. The summed E-state index contributed by atoms with van der Waals surface area (Å²) in [5.74, 6) is -2.64. The number of carbonyl (C=O) groups is 3. The smallest absolute Gasteiger partial charge is 0.194 e. The third-order valence-corrected chi connectivity index (χ3v) is 5.42. The van der Waals surface area contributed by atoms with Crippen LogP contribution in [-0.2, 0) is 15.0 Å². The molecule has 8 heteroatoms. The molecule has 0 spiro atoms. The highest BCUT2D eigenvalue weighted by molar-refractivity contribution is 6.31. The fourth-order valence-corrected chi connectivity index (χ4v) is 3.75. The van der Waals surface area contributed by atoms with Gasteiger partial charge in [-0.05, 0) is 34.6 Å². The number of aliphatic hydroxyl groups excluding tert-OH is 1. The number of phenolic OH excluding ortho intramolecular Hbond substituents is 2. The van der Waals surface area contributed by atoms with Crippen LogP contribution in [-0.4, -0.2) is 45.3 Å². The zero-order chi connectivity index (χ0) is 21.8. The molecule has 1 aromatic rings. The maximum Gasteiger partial charge on any atom is 0.194 e. The summed E-state index contributed by atoms with van der Waals surface area (Å²) in [4.78, 5) is 38.2. The van der Waals surface area contributed by atoms with Gasteiger partial charge in [-0.2, -0.15) is 0 Å². The van der Waals surface area contributed by atoms with Gasteiger partial charge >= 0.3 is 0 Å². The molecule has 0 radical (unpaired) electrons. The predicted molar refractivity (Wildman–Crippen MR) is 103 cm³/mol. The Morgan fingerprint density at radius 1 is 1.24 bits per heavy atom.